The molecule has 1 aromatic heterocycles. The Hall–Kier alpha value is -0.870. The Balaban J connectivity index is 2.43. The molecule has 0 radical (unpaired) electrons. The Morgan fingerprint density at radius 2 is 2.36 bits per heavy atom. The molecule has 0 amide bonds. The summed E-state index contributed by atoms with van der Waals surface area (Å²) in [6.45, 7) is 3.89. The normalized spacial score (nSPS) is 13.5. The van der Waals surface area contributed by atoms with Crippen molar-refractivity contribution < 1.29 is 0 Å². The molecule has 0 bridgehead atoms. The molecule has 1 atom stereocenters. The van der Waals surface area contributed by atoms with Crippen LogP contribution in [0.25, 0.3) is 0 Å². The highest BCUT2D eigenvalue weighted by Gasteiger charge is 2.09. The van der Waals surface area contributed by atoms with Crippen molar-refractivity contribution in [1.29, 1.82) is 0 Å². The van der Waals surface area contributed by atoms with Crippen molar-refractivity contribution in [3.63, 3.8) is 0 Å². The zero-order chi connectivity index (χ0) is 10.6. The lowest BCUT2D eigenvalue weighted by molar-refractivity contribution is 0.240. The summed E-state index contributed by atoms with van der Waals surface area (Å²) in [6.07, 6.45) is 4.99. The van der Waals surface area contributed by atoms with E-state index in [0.717, 1.165) is 19.5 Å². The number of rotatable bonds is 5. The fourth-order valence-corrected chi connectivity index (χ4v) is 1.46. The fourth-order valence-electron chi connectivity index (χ4n) is 1.46. The van der Waals surface area contributed by atoms with Crippen LogP contribution >= 0.6 is 0 Å². The first-order chi connectivity index (χ1) is 6.63. The van der Waals surface area contributed by atoms with E-state index in [4.69, 9.17) is 5.73 Å². The van der Waals surface area contributed by atoms with Crippen molar-refractivity contribution in [2.45, 2.75) is 25.9 Å². The molecular formula is C10H20N4. The van der Waals surface area contributed by atoms with Crippen LogP contribution in [-0.4, -0.2) is 34.3 Å². The van der Waals surface area contributed by atoms with E-state index in [1.165, 1.54) is 5.56 Å². The molecule has 1 rings (SSSR count). The van der Waals surface area contributed by atoms with Gasteiger partial charge in [0, 0.05) is 31.4 Å². The first kappa shape index (κ1) is 11.2. The van der Waals surface area contributed by atoms with E-state index < -0.39 is 0 Å². The van der Waals surface area contributed by atoms with Crippen molar-refractivity contribution in [3.05, 3.63) is 18.0 Å². The summed E-state index contributed by atoms with van der Waals surface area (Å²) in [5.74, 6) is 0. The zero-order valence-electron chi connectivity index (χ0n) is 9.27. The number of nitrogens with two attached hydrogens (primary N) is 1. The minimum absolute atomic E-state index is 0.528. The molecule has 4 nitrogen and oxygen atoms in total. The van der Waals surface area contributed by atoms with Crippen LogP contribution in [0.3, 0.4) is 0 Å². The summed E-state index contributed by atoms with van der Waals surface area (Å²) in [7, 11) is 4.06. The van der Waals surface area contributed by atoms with Crippen LogP contribution in [0.1, 0.15) is 18.9 Å². The molecule has 0 saturated heterocycles. The minimum Gasteiger partial charge on any atom is -0.330 e. The summed E-state index contributed by atoms with van der Waals surface area (Å²) >= 11 is 0. The molecule has 0 aliphatic rings. The van der Waals surface area contributed by atoms with E-state index in [2.05, 4.69) is 24.0 Å². The summed E-state index contributed by atoms with van der Waals surface area (Å²) in [5, 5.41) is 4.14. The van der Waals surface area contributed by atoms with E-state index >= 15 is 0 Å². The Kier molecular flexibility index (Phi) is 4.10. The maximum atomic E-state index is 5.52. The predicted octanol–water partition coefficient (Wildman–Crippen LogP) is 0.589. The number of aromatic nitrogens is 2. The summed E-state index contributed by atoms with van der Waals surface area (Å²) in [5.41, 5.74) is 6.77. The molecule has 0 spiro atoms. The van der Waals surface area contributed by atoms with E-state index in [0.29, 0.717) is 6.04 Å². The van der Waals surface area contributed by atoms with Crippen molar-refractivity contribution in [1.82, 2.24) is 14.7 Å². The third kappa shape index (κ3) is 3.12. The number of hydrogen-bond acceptors (Lipinski definition) is 3. The van der Waals surface area contributed by atoms with Crippen molar-refractivity contribution in [2.75, 3.05) is 13.6 Å². The van der Waals surface area contributed by atoms with Gasteiger partial charge in [-0.15, -0.1) is 0 Å². The van der Waals surface area contributed by atoms with E-state index in [1.807, 2.05) is 24.1 Å². The molecule has 80 valence electrons. The topological polar surface area (TPSA) is 47.1 Å². The molecular weight excluding hydrogens is 176 g/mol. The molecule has 1 unspecified atom stereocenters. The van der Waals surface area contributed by atoms with Gasteiger partial charge in [-0.1, -0.05) is 0 Å². The van der Waals surface area contributed by atoms with Gasteiger partial charge in [-0.2, -0.15) is 5.10 Å². The van der Waals surface area contributed by atoms with Crippen LogP contribution in [0.4, 0.5) is 0 Å². The van der Waals surface area contributed by atoms with E-state index in [-0.39, 0.29) is 0 Å². The lowest BCUT2D eigenvalue weighted by atomic mass is 10.2. The van der Waals surface area contributed by atoms with Gasteiger partial charge in [0.2, 0.25) is 0 Å². The first-order valence-corrected chi connectivity index (χ1v) is 5.01. The monoisotopic (exact) mass is 196 g/mol. The molecule has 0 aliphatic heterocycles. The first-order valence-electron chi connectivity index (χ1n) is 5.01. The van der Waals surface area contributed by atoms with Gasteiger partial charge in [-0.05, 0) is 26.9 Å². The van der Waals surface area contributed by atoms with Crippen LogP contribution < -0.4 is 5.73 Å². The molecule has 0 fully saturated rings. The molecule has 2 N–H and O–H groups in total. The van der Waals surface area contributed by atoms with Crippen molar-refractivity contribution in [3.8, 4) is 0 Å². The summed E-state index contributed by atoms with van der Waals surface area (Å²) in [6, 6.07) is 0.528. The summed E-state index contributed by atoms with van der Waals surface area (Å²) in [4.78, 5) is 2.30. The average Bonchev–Trinajstić information content (AvgIpc) is 2.51. The van der Waals surface area contributed by atoms with Crippen LogP contribution in [0, 0.1) is 0 Å². The third-order valence-electron chi connectivity index (χ3n) is 2.53. The third-order valence-corrected chi connectivity index (χ3v) is 2.53. The SMILES string of the molecule is CC(CCN)N(C)Cc1cnn(C)c1. The Bertz CT molecular complexity index is 269. The second kappa shape index (κ2) is 5.12. The largest absolute Gasteiger partial charge is 0.330 e. The van der Waals surface area contributed by atoms with Crippen LogP contribution in [0.15, 0.2) is 12.4 Å². The van der Waals surface area contributed by atoms with Gasteiger partial charge in [-0.25, -0.2) is 0 Å². The van der Waals surface area contributed by atoms with Gasteiger partial charge in [0.05, 0.1) is 6.20 Å². The smallest absolute Gasteiger partial charge is 0.0534 e. The van der Waals surface area contributed by atoms with Crippen LogP contribution in [0.5, 0.6) is 0 Å². The maximum Gasteiger partial charge on any atom is 0.0534 e. The predicted molar refractivity (Wildman–Crippen MR) is 57.8 cm³/mol. The molecule has 1 aromatic rings. The average molecular weight is 196 g/mol. The van der Waals surface area contributed by atoms with Crippen molar-refractivity contribution >= 4 is 0 Å². The Morgan fingerprint density at radius 1 is 1.64 bits per heavy atom. The maximum absolute atomic E-state index is 5.52. The highest BCUT2D eigenvalue weighted by molar-refractivity contribution is 5.03. The lowest BCUT2D eigenvalue weighted by Gasteiger charge is -2.23. The van der Waals surface area contributed by atoms with Crippen molar-refractivity contribution in [2.24, 2.45) is 12.8 Å². The Labute approximate surface area is 85.7 Å². The van der Waals surface area contributed by atoms with Gasteiger partial charge in [0.15, 0.2) is 0 Å². The standard InChI is InChI=1S/C10H20N4/c1-9(4-5-11)13(2)7-10-6-12-14(3)8-10/h6,8-9H,4-5,7,11H2,1-3H3. The summed E-state index contributed by atoms with van der Waals surface area (Å²) < 4.78 is 1.83. The molecule has 0 aliphatic carbocycles. The quantitative estimate of drug-likeness (QED) is 0.749. The molecule has 0 saturated carbocycles. The van der Waals surface area contributed by atoms with E-state index in [9.17, 15) is 0 Å². The van der Waals surface area contributed by atoms with Crippen LogP contribution in [0.2, 0.25) is 0 Å². The van der Waals surface area contributed by atoms with Gasteiger partial charge < -0.3 is 5.73 Å². The Morgan fingerprint density at radius 3 is 2.86 bits per heavy atom. The zero-order valence-corrected chi connectivity index (χ0v) is 9.27. The second-order valence-electron chi connectivity index (χ2n) is 3.86. The van der Waals surface area contributed by atoms with Gasteiger partial charge in [0.25, 0.3) is 0 Å². The van der Waals surface area contributed by atoms with Gasteiger partial charge in [0.1, 0.15) is 0 Å². The number of aryl methyl sites for hydroxylation is 1. The van der Waals surface area contributed by atoms with Gasteiger partial charge >= 0.3 is 0 Å². The van der Waals surface area contributed by atoms with Gasteiger partial charge in [-0.3, -0.25) is 9.58 Å². The fraction of sp³-hybridized carbons (Fsp3) is 0.700. The van der Waals surface area contributed by atoms with E-state index in [1.54, 1.807) is 0 Å². The lowest BCUT2D eigenvalue weighted by Crippen LogP contribution is -2.30. The number of hydrogen-bond donors (Lipinski definition) is 1. The van der Waals surface area contributed by atoms with Crippen LogP contribution in [-0.2, 0) is 13.6 Å². The highest BCUT2D eigenvalue weighted by Crippen LogP contribution is 2.06. The second-order valence-corrected chi connectivity index (χ2v) is 3.86. The molecule has 1 heterocycles. The highest BCUT2D eigenvalue weighted by atomic mass is 15.2. The molecule has 14 heavy (non-hydrogen) atoms. The minimum atomic E-state index is 0.528. The molecule has 4 heteroatoms. The number of nitrogens with zero attached hydrogens (tertiary/aromatic N) is 3. The molecule has 0 aromatic carbocycles.